The van der Waals surface area contributed by atoms with Crippen LogP contribution in [0.25, 0.3) is 98.8 Å². The van der Waals surface area contributed by atoms with E-state index in [1.165, 1.54) is 36.9 Å². The van der Waals surface area contributed by atoms with E-state index >= 15 is 0 Å². The predicted octanol–water partition coefficient (Wildman–Crippen LogP) is 13.9. The Morgan fingerprint density at radius 3 is 1.27 bits per heavy atom. The molecule has 258 valence electrons. The van der Waals surface area contributed by atoms with Gasteiger partial charge in [0.25, 0.3) is 0 Å². The van der Waals surface area contributed by atoms with Gasteiger partial charge in [-0.15, -0.1) is 11.3 Å². The molecule has 0 amide bonds. The summed E-state index contributed by atoms with van der Waals surface area (Å²) in [5.41, 5.74) is 12.1. The fourth-order valence-electron chi connectivity index (χ4n) is 7.37. The molecule has 0 aliphatic carbocycles. The van der Waals surface area contributed by atoms with Crippen molar-refractivity contribution in [2.75, 3.05) is 0 Å². The quantitative estimate of drug-likeness (QED) is 0.165. The molecule has 3 nitrogen and oxygen atoms in total. The Morgan fingerprint density at radius 1 is 0.255 bits per heavy atom. The van der Waals surface area contributed by atoms with Crippen LogP contribution in [0.15, 0.2) is 200 Å². The largest absolute Gasteiger partial charge is 0.208 e. The molecule has 0 aliphatic heterocycles. The zero-order valence-electron chi connectivity index (χ0n) is 29.8. The Hall–Kier alpha value is -7.01. The number of benzene rings is 8. The fraction of sp³-hybridized carbons (Fsp3) is 0. The van der Waals surface area contributed by atoms with Crippen molar-refractivity contribution in [1.29, 1.82) is 0 Å². The molecule has 0 bridgehead atoms. The summed E-state index contributed by atoms with van der Waals surface area (Å²) in [5, 5.41) is 2.59. The van der Waals surface area contributed by atoms with Crippen molar-refractivity contribution in [3.8, 4) is 78.7 Å². The minimum absolute atomic E-state index is 0.632. The SMILES string of the molecule is c1ccc(-c2ccc(-c3ccc(-c4nc(-c5ccc(-c6cccc7c6sc6ccccc67)cc5)nc(-c5ccccc5-c5ccccc5)n4)cc3)cc2)cc1. The molecule has 0 saturated carbocycles. The van der Waals surface area contributed by atoms with Crippen LogP contribution in [0.1, 0.15) is 0 Å². The molecule has 10 rings (SSSR count). The first-order valence-corrected chi connectivity index (χ1v) is 19.3. The third-order valence-corrected chi connectivity index (χ3v) is 11.4. The summed E-state index contributed by atoms with van der Waals surface area (Å²) in [6, 6.07) is 70.4. The van der Waals surface area contributed by atoms with Gasteiger partial charge in [-0.2, -0.15) is 0 Å². The lowest BCUT2D eigenvalue weighted by molar-refractivity contribution is 1.07. The number of hydrogen-bond acceptors (Lipinski definition) is 4. The van der Waals surface area contributed by atoms with Crippen molar-refractivity contribution in [2.45, 2.75) is 0 Å². The summed E-state index contributed by atoms with van der Waals surface area (Å²) in [6.45, 7) is 0. The highest BCUT2D eigenvalue weighted by molar-refractivity contribution is 7.26. The first kappa shape index (κ1) is 32.6. The second-order valence-electron chi connectivity index (χ2n) is 13.6. The molecule has 0 fully saturated rings. The van der Waals surface area contributed by atoms with Crippen LogP contribution in [0.3, 0.4) is 0 Å². The van der Waals surface area contributed by atoms with E-state index in [-0.39, 0.29) is 0 Å². The van der Waals surface area contributed by atoms with Gasteiger partial charge in [0, 0.05) is 36.9 Å². The molecule has 10 aromatic rings. The van der Waals surface area contributed by atoms with Crippen LogP contribution < -0.4 is 0 Å². The van der Waals surface area contributed by atoms with Gasteiger partial charge in [-0.25, -0.2) is 15.0 Å². The van der Waals surface area contributed by atoms with Gasteiger partial charge in [0.1, 0.15) is 0 Å². The van der Waals surface area contributed by atoms with Crippen molar-refractivity contribution in [3.05, 3.63) is 200 Å². The smallest absolute Gasteiger partial charge is 0.164 e. The van der Waals surface area contributed by atoms with Crippen LogP contribution >= 0.6 is 11.3 Å². The Bertz CT molecular complexity index is 2930. The summed E-state index contributed by atoms with van der Waals surface area (Å²) in [6.07, 6.45) is 0. The molecule has 0 N–H and O–H groups in total. The number of hydrogen-bond donors (Lipinski definition) is 0. The zero-order valence-corrected chi connectivity index (χ0v) is 30.6. The highest BCUT2D eigenvalue weighted by atomic mass is 32.1. The monoisotopic (exact) mass is 719 g/mol. The van der Waals surface area contributed by atoms with Gasteiger partial charge in [0.05, 0.1) is 0 Å². The minimum Gasteiger partial charge on any atom is -0.208 e. The Kier molecular flexibility index (Phi) is 8.36. The first-order valence-electron chi connectivity index (χ1n) is 18.4. The van der Waals surface area contributed by atoms with Crippen molar-refractivity contribution in [2.24, 2.45) is 0 Å². The predicted molar refractivity (Wildman–Crippen MR) is 231 cm³/mol. The number of nitrogens with zero attached hydrogens (tertiary/aromatic N) is 3. The zero-order chi connectivity index (χ0) is 36.6. The summed E-state index contributed by atoms with van der Waals surface area (Å²) >= 11 is 1.85. The Morgan fingerprint density at radius 2 is 0.655 bits per heavy atom. The lowest BCUT2D eigenvalue weighted by atomic mass is 9.98. The molecule has 0 unspecified atom stereocenters. The third kappa shape index (κ3) is 6.29. The maximum atomic E-state index is 5.14. The summed E-state index contributed by atoms with van der Waals surface area (Å²) in [5.74, 6) is 1.90. The second-order valence-corrected chi connectivity index (χ2v) is 14.6. The van der Waals surface area contributed by atoms with Crippen molar-refractivity contribution >= 4 is 31.5 Å². The molecular formula is C51H33N3S. The Labute approximate surface area is 323 Å². The lowest BCUT2D eigenvalue weighted by Gasteiger charge is -2.12. The van der Waals surface area contributed by atoms with Crippen LogP contribution in [-0.4, -0.2) is 15.0 Å². The van der Waals surface area contributed by atoms with E-state index in [9.17, 15) is 0 Å². The molecule has 2 aromatic heterocycles. The molecule has 55 heavy (non-hydrogen) atoms. The highest BCUT2D eigenvalue weighted by Gasteiger charge is 2.17. The summed E-state index contributed by atoms with van der Waals surface area (Å²) < 4.78 is 2.60. The van der Waals surface area contributed by atoms with E-state index in [1.807, 2.05) is 29.5 Å². The average Bonchev–Trinajstić information content (AvgIpc) is 3.66. The average molecular weight is 720 g/mol. The van der Waals surface area contributed by atoms with Crippen molar-refractivity contribution in [1.82, 2.24) is 15.0 Å². The van der Waals surface area contributed by atoms with Crippen LogP contribution in [-0.2, 0) is 0 Å². The van der Waals surface area contributed by atoms with Crippen LogP contribution in [0.5, 0.6) is 0 Å². The molecule has 4 heteroatoms. The number of fused-ring (bicyclic) bond motifs is 3. The first-order chi connectivity index (χ1) is 27.2. The maximum Gasteiger partial charge on any atom is 0.164 e. The second kappa shape index (κ2) is 14.1. The Balaban J connectivity index is 1.04. The lowest BCUT2D eigenvalue weighted by Crippen LogP contribution is -2.01. The van der Waals surface area contributed by atoms with Crippen LogP contribution in [0.2, 0.25) is 0 Å². The molecule has 0 aliphatic rings. The van der Waals surface area contributed by atoms with Gasteiger partial charge in [0.15, 0.2) is 17.5 Å². The molecule has 0 atom stereocenters. The minimum atomic E-state index is 0.632. The van der Waals surface area contributed by atoms with Gasteiger partial charge in [0.2, 0.25) is 0 Å². The number of aromatic nitrogens is 3. The number of thiophene rings is 1. The standard InChI is InChI=1S/C51H33N3S/c1-3-12-34(13-4-1)35-22-24-36(25-23-35)37-26-30-40(31-27-37)49-52-50(54-51(53-49)46-18-8-7-16-42(46)38-14-5-2-6-15-38)41-32-28-39(29-33-41)43-19-11-20-45-44-17-9-10-21-47(44)55-48(43)45/h1-33H. The molecule has 0 spiro atoms. The van der Waals surface area contributed by atoms with Crippen molar-refractivity contribution in [3.63, 3.8) is 0 Å². The molecule has 8 aromatic carbocycles. The summed E-state index contributed by atoms with van der Waals surface area (Å²) in [7, 11) is 0. The van der Waals surface area contributed by atoms with E-state index in [0.29, 0.717) is 17.5 Å². The van der Waals surface area contributed by atoms with Gasteiger partial charge in [-0.3, -0.25) is 0 Å². The van der Waals surface area contributed by atoms with E-state index < -0.39 is 0 Å². The summed E-state index contributed by atoms with van der Waals surface area (Å²) in [4.78, 5) is 15.4. The van der Waals surface area contributed by atoms with E-state index in [4.69, 9.17) is 15.0 Å². The molecule has 2 heterocycles. The third-order valence-electron chi connectivity index (χ3n) is 10.2. The normalized spacial score (nSPS) is 11.3. The number of rotatable bonds is 7. The fourth-order valence-corrected chi connectivity index (χ4v) is 8.61. The van der Waals surface area contributed by atoms with Gasteiger partial charge < -0.3 is 0 Å². The van der Waals surface area contributed by atoms with E-state index in [1.54, 1.807) is 0 Å². The highest BCUT2D eigenvalue weighted by Crippen LogP contribution is 2.40. The molecule has 0 radical (unpaired) electrons. The topological polar surface area (TPSA) is 38.7 Å². The van der Waals surface area contributed by atoms with Gasteiger partial charge in [-0.05, 0) is 50.6 Å². The van der Waals surface area contributed by atoms with E-state index in [2.05, 4.69) is 182 Å². The van der Waals surface area contributed by atoms with Crippen molar-refractivity contribution < 1.29 is 0 Å². The molecule has 0 saturated heterocycles. The molecular weight excluding hydrogens is 687 g/mol. The van der Waals surface area contributed by atoms with Gasteiger partial charge in [-0.1, -0.05) is 194 Å². The maximum absolute atomic E-state index is 5.14. The van der Waals surface area contributed by atoms with Crippen LogP contribution in [0.4, 0.5) is 0 Å². The van der Waals surface area contributed by atoms with E-state index in [0.717, 1.165) is 44.5 Å². The van der Waals surface area contributed by atoms with Gasteiger partial charge >= 0.3 is 0 Å². The van der Waals surface area contributed by atoms with Crippen LogP contribution in [0, 0.1) is 0 Å².